The number of aromatic nitrogens is 2. The molecule has 0 saturated carbocycles. The Bertz CT molecular complexity index is 650. The number of benzene rings is 1. The predicted molar refractivity (Wildman–Crippen MR) is 88.9 cm³/mol. The van der Waals surface area contributed by atoms with Gasteiger partial charge in [-0.05, 0) is 24.8 Å². The third kappa shape index (κ3) is 3.44. The lowest BCUT2D eigenvalue weighted by Gasteiger charge is -2.12. The fraction of sp³-hybridized carbons (Fsp3) is 0.500. The second-order valence-electron chi connectivity index (χ2n) is 5.57. The summed E-state index contributed by atoms with van der Waals surface area (Å²) < 4.78 is 7.35. The van der Waals surface area contributed by atoms with Crippen molar-refractivity contribution in [3.63, 3.8) is 0 Å². The van der Waals surface area contributed by atoms with Crippen LogP contribution < -0.4 is 5.32 Å². The van der Waals surface area contributed by atoms with Crippen molar-refractivity contribution in [1.82, 2.24) is 14.9 Å². The number of nitrogens with zero attached hydrogens (tertiary/aromatic N) is 2. The molecule has 2 heterocycles. The van der Waals surface area contributed by atoms with Crippen LogP contribution in [0.2, 0.25) is 0 Å². The van der Waals surface area contributed by atoms with Crippen molar-refractivity contribution in [3.8, 4) is 0 Å². The summed E-state index contributed by atoms with van der Waals surface area (Å²) in [4.78, 5) is 16.9. The van der Waals surface area contributed by atoms with Gasteiger partial charge in [-0.25, -0.2) is 4.98 Å². The molecule has 5 nitrogen and oxygen atoms in total. The van der Waals surface area contributed by atoms with Crippen LogP contribution in [0.4, 0.5) is 0 Å². The van der Waals surface area contributed by atoms with Crippen molar-refractivity contribution >= 4 is 28.7 Å². The number of amides is 1. The van der Waals surface area contributed by atoms with Gasteiger partial charge in [0.05, 0.1) is 23.4 Å². The first-order chi connectivity index (χ1) is 10.8. The van der Waals surface area contributed by atoms with E-state index in [2.05, 4.69) is 10.3 Å². The highest BCUT2D eigenvalue weighted by Crippen LogP contribution is 2.19. The molecule has 3 rings (SSSR count). The smallest absolute Gasteiger partial charge is 0.240 e. The monoisotopic (exact) mass is 319 g/mol. The molecule has 1 aromatic heterocycles. The van der Waals surface area contributed by atoms with Gasteiger partial charge in [0.25, 0.3) is 0 Å². The SMILES string of the molecule is CSCc1nc2ccccc2n1CC(=O)NCC1CCOC1. The number of carbonyl (C=O) groups is 1. The molecule has 0 spiro atoms. The normalized spacial score (nSPS) is 18.0. The molecule has 0 aliphatic carbocycles. The van der Waals surface area contributed by atoms with E-state index >= 15 is 0 Å². The van der Waals surface area contributed by atoms with Crippen molar-refractivity contribution < 1.29 is 9.53 Å². The highest BCUT2D eigenvalue weighted by atomic mass is 32.2. The minimum absolute atomic E-state index is 0.0393. The molecule has 118 valence electrons. The van der Waals surface area contributed by atoms with Crippen molar-refractivity contribution in [2.24, 2.45) is 5.92 Å². The fourth-order valence-corrected chi connectivity index (χ4v) is 3.22. The lowest BCUT2D eigenvalue weighted by atomic mass is 10.1. The maximum absolute atomic E-state index is 12.3. The van der Waals surface area contributed by atoms with E-state index in [1.54, 1.807) is 11.8 Å². The molecule has 0 bridgehead atoms. The summed E-state index contributed by atoms with van der Waals surface area (Å²) in [6, 6.07) is 7.97. The van der Waals surface area contributed by atoms with Crippen molar-refractivity contribution in [1.29, 1.82) is 0 Å². The number of rotatable bonds is 6. The Balaban J connectivity index is 1.71. The second-order valence-corrected chi connectivity index (χ2v) is 6.44. The van der Waals surface area contributed by atoms with Crippen LogP contribution in [0.15, 0.2) is 24.3 Å². The van der Waals surface area contributed by atoms with E-state index in [1.165, 1.54) is 0 Å². The average molecular weight is 319 g/mol. The molecule has 1 N–H and O–H groups in total. The van der Waals surface area contributed by atoms with Gasteiger partial charge in [-0.15, -0.1) is 0 Å². The zero-order chi connectivity index (χ0) is 15.4. The third-order valence-corrected chi connectivity index (χ3v) is 4.47. The van der Waals surface area contributed by atoms with E-state index in [1.807, 2.05) is 35.1 Å². The van der Waals surface area contributed by atoms with Crippen LogP contribution in [0.5, 0.6) is 0 Å². The molecule has 1 amide bonds. The lowest BCUT2D eigenvalue weighted by Crippen LogP contribution is -2.32. The standard InChI is InChI=1S/C16H21N3O2S/c1-22-11-15-18-13-4-2-3-5-14(13)19(15)9-16(20)17-8-12-6-7-21-10-12/h2-5,12H,6-11H2,1H3,(H,17,20). The Morgan fingerprint density at radius 1 is 1.50 bits per heavy atom. The summed E-state index contributed by atoms with van der Waals surface area (Å²) in [5.41, 5.74) is 1.97. The van der Waals surface area contributed by atoms with Crippen LogP contribution in [0.1, 0.15) is 12.2 Å². The van der Waals surface area contributed by atoms with Crippen LogP contribution in [-0.4, -0.2) is 41.5 Å². The van der Waals surface area contributed by atoms with Crippen molar-refractivity contribution in [3.05, 3.63) is 30.1 Å². The summed E-state index contributed by atoms with van der Waals surface area (Å²) in [6.07, 6.45) is 3.08. The van der Waals surface area contributed by atoms with Crippen LogP contribution in [0.3, 0.4) is 0 Å². The Hall–Kier alpha value is -1.53. The quantitative estimate of drug-likeness (QED) is 0.885. The van der Waals surface area contributed by atoms with Gasteiger partial charge in [0.1, 0.15) is 12.4 Å². The summed E-state index contributed by atoms with van der Waals surface area (Å²) >= 11 is 1.71. The summed E-state index contributed by atoms with van der Waals surface area (Å²) in [5.74, 6) is 2.25. The van der Waals surface area contributed by atoms with Crippen molar-refractivity contribution in [2.75, 3.05) is 26.0 Å². The first-order valence-electron chi connectivity index (χ1n) is 7.55. The molecular weight excluding hydrogens is 298 g/mol. The highest BCUT2D eigenvalue weighted by Gasteiger charge is 2.17. The maximum Gasteiger partial charge on any atom is 0.240 e. The van der Waals surface area contributed by atoms with Gasteiger partial charge in [0, 0.05) is 19.1 Å². The number of fused-ring (bicyclic) bond motifs is 1. The van der Waals surface area contributed by atoms with Gasteiger partial charge in [0.15, 0.2) is 0 Å². The van der Waals surface area contributed by atoms with Crippen LogP contribution in [0, 0.1) is 5.92 Å². The molecule has 6 heteroatoms. The first kappa shape index (κ1) is 15.4. The van der Waals surface area contributed by atoms with E-state index in [4.69, 9.17) is 4.74 Å². The van der Waals surface area contributed by atoms with E-state index in [0.717, 1.165) is 42.2 Å². The van der Waals surface area contributed by atoms with Gasteiger partial charge in [-0.2, -0.15) is 11.8 Å². The fourth-order valence-electron chi connectivity index (χ4n) is 2.74. The number of nitrogens with one attached hydrogen (secondary N) is 1. The molecule has 1 aliphatic rings. The van der Waals surface area contributed by atoms with Gasteiger partial charge >= 0.3 is 0 Å². The Labute approximate surface area is 134 Å². The molecule has 1 aromatic carbocycles. The number of carbonyl (C=O) groups excluding carboxylic acids is 1. The molecule has 1 aliphatic heterocycles. The molecule has 1 fully saturated rings. The molecule has 22 heavy (non-hydrogen) atoms. The summed E-state index contributed by atoms with van der Waals surface area (Å²) in [5, 5.41) is 3.02. The number of para-hydroxylation sites is 2. The number of hydrogen-bond donors (Lipinski definition) is 1. The van der Waals surface area contributed by atoms with Gasteiger partial charge < -0.3 is 14.6 Å². The molecule has 1 atom stereocenters. The lowest BCUT2D eigenvalue weighted by molar-refractivity contribution is -0.121. The maximum atomic E-state index is 12.3. The third-order valence-electron chi connectivity index (χ3n) is 3.92. The zero-order valence-corrected chi connectivity index (χ0v) is 13.6. The number of ether oxygens (including phenoxy) is 1. The highest BCUT2D eigenvalue weighted by molar-refractivity contribution is 7.97. The molecule has 2 aromatic rings. The molecular formula is C16H21N3O2S. The summed E-state index contributed by atoms with van der Waals surface area (Å²) in [7, 11) is 0. The number of hydrogen-bond acceptors (Lipinski definition) is 4. The second kappa shape index (κ2) is 7.15. The predicted octanol–water partition coefficient (Wildman–Crippen LogP) is 2.05. The topological polar surface area (TPSA) is 56.2 Å². The van der Waals surface area contributed by atoms with E-state index < -0.39 is 0 Å². The molecule has 1 saturated heterocycles. The largest absolute Gasteiger partial charge is 0.381 e. The molecule has 0 radical (unpaired) electrons. The van der Waals surface area contributed by atoms with E-state index in [9.17, 15) is 4.79 Å². The first-order valence-corrected chi connectivity index (χ1v) is 8.95. The zero-order valence-electron chi connectivity index (χ0n) is 12.7. The minimum Gasteiger partial charge on any atom is -0.381 e. The van der Waals surface area contributed by atoms with Crippen LogP contribution >= 0.6 is 11.8 Å². The minimum atomic E-state index is 0.0393. The Kier molecular flexibility index (Phi) is 5.00. The van der Waals surface area contributed by atoms with Gasteiger partial charge in [-0.3, -0.25) is 4.79 Å². The van der Waals surface area contributed by atoms with E-state index in [0.29, 0.717) is 19.0 Å². The van der Waals surface area contributed by atoms with E-state index in [-0.39, 0.29) is 5.91 Å². The number of thioether (sulfide) groups is 1. The molecule has 1 unspecified atom stereocenters. The average Bonchev–Trinajstić information content (AvgIpc) is 3.15. The Morgan fingerprint density at radius 3 is 3.14 bits per heavy atom. The van der Waals surface area contributed by atoms with Crippen LogP contribution in [-0.2, 0) is 21.8 Å². The van der Waals surface area contributed by atoms with Crippen molar-refractivity contribution in [2.45, 2.75) is 18.7 Å². The number of imidazole rings is 1. The Morgan fingerprint density at radius 2 is 2.36 bits per heavy atom. The van der Waals surface area contributed by atoms with Crippen LogP contribution in [0.25, 0.3) is 11.0 Å². The van der Waals surface area contributed by atoms with Gasteiger partial charge in [0.2, 0.25) is 5.91 Å². The summed E-state index contributed by atoms with van der Waals surface area (Å²) in [6.45, 7) is 2.59. The van der Waals surface area contributed by atoms with Gasteiger partial charge in [-0.1, -0.05) is 12.1 Å².